The standard InChI is InChI=1S/C21H25BrN2O4S/c1-4-15-11-16(22)9-14(3)21(15)23-20(25)12-28-19-8-7-18(10-13(19)2)29(26,27)24-17-5-6-17/h7-11,17,24H,4-6,12H2,1-3H3,(H,23,25). The van der Waals surface area contributed by atoms with Crippen LogP contribution < -0.4 is 14.8 Å². The van der Waals surface area contributed by atoms with Crippen LogP contribution in [0, 0.1) is 13.8 Å². The van der Waals surface area contributed by atoms with E-state index in [9.17, 15) is 13.2 Å². The van der Waals surface area contributed by atoms with Gasteiger partial charge in [-0.3, -0.25) is 4.79 Å². The number of halogens is 1. The van der Waals surface area contributed by atoms with Crippen molar-refractivity contribution < 1.29 is 17.9 Å². The fourth-order valence-electron chi connectivity index (χ4n) is 3.03. The lowest BCUT2D eigenvalue weighted by molar-refractivity contribution is -0.118. The minimum atomic E-state index is -3.51. The predicted octanol–water partition coefficient (Wildman–Crippen LogP) is 4.09. The molecule has 2 aromatic carbocycles. The van der Waals surface area contributed by atoms with E-state index in [-0.39, 0.29) is 23.5 Å². The summed E-state index contributed by atoms with van der Waals surface area (Å²) in [6.07, 6.45) is 2.55. The first kappa shape index (κ1) is 21.8. The summed E-state index contributed by atoms with van der Waals surface area (Å²) in [5, 5.41) is 2.92. The third kappa shape index (κ3) is 5.58. The van der Waals surface area contributed by atoms with Gasteiger partial charge in [0.05, 0.1) is 4.90 Å². The number of carbonyl (C=O) groups excluding carboxylic acids is 1. The van der Waals surface area contributed by atoms with E-state index in [1.807, 2.05) is 26.0 Å². The number of carbonyl (C=O) groups is 1. The predicted molar refractivity (Wildman–Crippen MR) is 117 cm³/mol. The number of nitrogens with one attached hydrogen (secondary N) is 2. The first-order valence-corrected chi connectivity index (χ1v) is 11.8. The maximum absolute atomic E-state index is 12.4. The Morgan fingerprint density at radius 1 is 1.17 bits per heavy atom. The Morgan fingerprint density at radius 3 is 2.52 bits per heavy atom. The minimum absolute atomic E-state index is 0.0509. The molecular weight excluding hydrogens is 456 g/mol. The maximum atomic E-state index is 12.4. The number of amides is 1. The number of hydrogen-bond acceptors (Lipinski definition) is 4. The zero-order valence-corrected chi connectivity index (χ0v) is 19.1. The summed E-state index contributed by atoms with van der Waals surface area (Å²) in [6, 6.07) is 8.64. The third-order valence-corrected chi connectivity index (χ3v) is 6.72. The molecule has 3 rings (SSSR count). The van der Waals surface area contributed by atoms with E-state index >= 15 is 0 Å². The molecular formula is C21H25BrN2O4S. The van der Waals surface area contributed by atoms with Gasteiger partial charge in [-0.05, 0) is 80.1 Å². The summed E-state index contributed by atoms with van der Waals surface area (Å²) in [5.74, 6) is 0.213. The van der Waals surface area contributed by atoms with Gasteiger partial charge in [0.2, 0.25) is 10.0 Å². The molecule has 0 saturated heterocycles. The molecule has 0 unspecified atom stereocenters. The van der Waals surface area contributed by atoms with Crippen molar-refractivity contribution in [2.45, 2.75) is 51.0 Å². The molecule has 0 aliphatic heterocycles. The van der Waals surface area contributed by atoms with Crippen LogP contribution in [0.5, 0.6) is 5.75 Å². The molecule has 1 aliphatic carbocycles. The largest absolute Gasteiger partial charge is 0.483 e. The fourth-order valence-corrected chi connectivity index (χ4v) is 5.04. The van der Waals surface area contributed by atoms with Crippen molar-refractivity contribution in [3.63, 3.8) is 0 Å². The van der Waals surface area contributed by atoms with Crippen molar-refractivity contribution in [1.29, 1.82) is 0 Å². The molecule has 0 aromatic heterocycles. The molecule has 156 valence electrons. The number of ether oxygens (including phenoxy) is 1. The molecule has 2 N–H and O–H groups in total. The SMILES string of the molecule is CCc1cc(Br)cc(C)c1NC(=O)COc1ccc(S(=O)(=O)NC2CC2)cc1C. The Balaban J connectivity index is 1.65. The van der Waals surface area contributed by atoms with E-state index < -0.39 is 10.0 Å². The average Bonchev–Trinajstić information content (AvgIpc) is 3.45. The van der Waals surface area contributed by atoms with Crippen molar-refractivity contribution in [2.75, 3.05) is 11.9 Å². The summed E-state index contributed by atoms with van der Waals surface area (Å²) < 4.78 is 33.9. The summed E-state index contributed by atoms with van der Waals surface area (Å²) in [4.78, 5) is 12.6. The molecule has 0 bridgehead atoms. The van der Waals surface area contributed by atoms with Crippen molar-refractivity contribution in [3.8, 4) is 5.75 Å². The number of anilines is 1. The maximum Gasteiger partial charge on any atom is 0.262 e. The van der Waals surface area contributed by atoms with Gasteiger partial charge in [0.15, 0.2) is 6.61 Å². The monoisotopic (exact) mass is 480 g/mol. The lowest BCUT2D eigenvalue weighted by Crippen LogP contribution is -2.25. The van der Waals surface area contributed by atoms with Crippen LogP contribution in [0.2, 0.25) is 0 Å². The first-order valence-electron chi connectivity index (χ1n) is 9.54. The molecule has 0 radical (unpaired) electrons. The van der Waals surface area contributed by atoms with Gasteiger partial charge >= 0.3 is 0 Å². The Kier molecular flexibility index (Phi) is 6.65. The second-order valence-corrected chi connectivity index (χ2v) is 9.90. The van der Waals surface area contributed by atoms with Gasteiger partial charge in [0.1, 0.15) is 5.75 Å². The molecule has 0 spiro atoms. The highest BCUT2D eigenvalue weighted by Gasteiger charge is 2.28. The lowest BCUT2D eigenvalue weighted by atomic mass is 10.1. The van der Waals surface area contributed by atoms with Crippen LogP contribution in [0.4, 0.5) is 5.69 Å². The summed E-state index contributed by atoms with van der Waals surface area (Å²) >= 11 is 3.47. The minimum Gasteiger partial charge on any atom is -0.483 e. The highest BCUT2D eigenvalue weighted by Crippen LogP contribution is 2.27. The van der Waals surface area contributed by atoms with Crippen molar-refractivity contribution >= 4 is 37.5 Å². The van der Waals surface area contributed by atoms with E-state index in [1.54, 1.807) is 19.1 Å². The molecule has 2 aromatic rings. The Labute approximate surface area is 180 Å². The van der Waals surface area contributed by atoms with Crippen molar-refractivity contribution in [3.05, 3.63) is 51.5 Å². The molecule has 8 heteroatoms. The molecule has 1 amide bonds. The van der Waals surface area contributed by atoms with Crippen molar-refractivity contribution in [1.82, 2.24) is 4.72 Å². The van der Waals surface area contributed by atoms with Gasteiger partial charge in [0.25, 0.3) is 5.91 Å². The third-order valence-electron chi connectivity index (χ3n) is 4.74. The van der Waals surface area contributed by atoms with E-state index in [4.69, 9.17) is 4.74 Å². The van der Waals surface area contributed by atoms with Gasteiger partial charge in [-0.2, -0.15) is 0 Å². The van der Waals surface area contributed by atoms with Crippen LogP contribution in [0.1, 0.15) is 36.5 Å². The Morgan fingerprint density at radius 2 is 1.90 bits per heavy atom. The highest BCUT2D eigenvalue weighted by molar-refractivity contribution is 9.10. The molecule has 29 heavy (non-hydrogen) atoms. The first-order chi connectivity index (χ1) is 13.7. The van der Waals surface area contributed by atoms with Crippen LogP contribution >= 0.6 is 15.9 Å². The zero-order chi connectivity index (χ0) is 21.2. The van der Waals surface area contributed by atoms with E-state index in [0.29, 0.717) is 11.3 Å². The summed E-state index contributed by atoms with van der Waals surface area (Å²) in [6.45, 7) is 5.58. The number of aryl methyl sites for hydroxylation is 3. The topological polar surface area (TPSA) is 84.5 Å². The summed E-state index contributed by atoms with van der Waals surface area (Å²) in [5.41, 5.74) is 3.47. The second-order valence-electron chi connectivity index (χ2n) is 7.27. The number of benzene rings is 2. The average molecular weight is 481 g/mol. The van der Waals surface area contributed by atoms with Gasteiger partial charge in [0, 0.05) is 16.2 Å². The van der Waals surface area contributed by atoms with Crippen molar-refractivity contribution in [2.24, 2.45) is 0 Å². The van der Waals surface area contributed by atoms with Crippen LogP contribution in [-0.2, 0) is 21.2 Å². The van der Waals surface area contributed by atoms with E-state index in [0.717, 1.165) is 40.5 Å². The fraction of sp³-hybridized carbons (Fsp3) is 0.381. The zero-order valence-electron chi connectivity index (χ0n) is 16.7. The summed E-state index contributed by atoms with van der Waals surface area (Å²) in [7, 11) is -3.51. The lowest BCUT2D eigenvalue weighted by Gasteiger charge is -2.15. The number of rotatable bonds is 8. The molecule has 1 fully saturated rings. The Hall–Kier alpha value is -1.90. The quantitative estimate of drug-likeness (QED) is 0.595. The van der Waals surface area contributed by atoms with Gasteiger partial charge in [-0.1, -0.05) is 22.9 Å². The molecule has 6 nitrogen and oxygen atoms in total. The smallest absolute Gasteiger partial charge is 0.262 e. The van der Waals surface area contributed by atoms with Crippen LogP contribution in [0.3, 0.4) is 0 Å². The van der Waals surface area contributed by atoms with E-state index in [2.05, 4.69) is 26.0 Å². The van der Waals surface area contributed by atoms with E-state index in [1.165, 1.54) is 6.07 Å². The normalized spacial score (nSPS) is 13.9. The second kappa shape index (κ2) is 8.85. The van der Waals surface area contributed by atoms with Crippen LogP contribution in [0.25, 0.3) is 0 Å². The van der Waals surface area contributed by atoms with Crippen LogP contribution in [0.15, 0.2) is 39.7 Å². The molecule has 0 atom stereocenters. The highest BCUT2D eigenvalue weighted by atomic mass is 79.9. The molecule has 1 saturated carbocycles. The van der Waals surface area contributed by atoms with Gasteiger partial charge in [-0.15, -0.1) is 0 Å². The number of sulfonamides is 1. The van der Waals surface area contributed by atoms with Gasteiger partial charge in [-0.25, -0.2) is 13.1 Å². The van der Waals surface area contributed by atoms with Crippen LogP contribution in [-0.4, -0.2) is 27.0 Å². The number of hydrogen-bond donors (Lipinski definition) is 2. The molecule has 1 aliphatic rings. The Bertz CT molecular complexity index is 1030. The molecule has 0 heterocycles. The van der Waals surface area contributed by atoms with Gasteiger partial charge < -0.3 is 10.1 Å².